The summed E-state index contributed by atoms with van der Waals surface area (Å²) >= 11 is 1.79. The van der Waals surface area contributed by atoms with Gasteiger partial charge in [-0.3, -0.25) is 4.90 Å². The van der Waals surface area contributed by atoms with Crippen molar-refractivity contribution in [2.75, 3.05) is 6.54 Å². The molecule has 3 rings (SSSR count). The zero-order valence-electron chi connectivity index (χ0n) is 8.97. The lowest BCUT2D eigenvalue weighted by Gasteiger charge is -2.24. The predicted molar refractivity (Wildman–Crippen MR) is 58.8 cm³/mol. The van der Waals surface area contributed by atoms with Crippen LogP contribution in [0.15, 0.2) is 0 Å². The Hall–Kier alpha value is -1.34. The number of H-pyrrole nitrogens is 1. The Kier molecular flexibility index (Phi) is 2.41. The largest absolute Gasteiger partial charge is 0.290 e. The number of hydrogen-bond donors (Lipinski definition) is 1. The Morgan fingerprint density at radius 2 is 2.44 bits per heavy atom. The van der Waals surface area contributed by atoms with Crippen molar-refractivity contribution >= 4 is 11.3 Å². The average Bonchev–Trinajstić information content (AvgIpc) is 2.85. The molecule has 0 unspecified atom stereocenters. The minimum absolute atomic E-state index is 0.754. The minimum Gasteiger partial charge on any atom is -0.290 e. The minimum atomic E-state index is 0.754. The maximum absolute atomic E-state index is 4.52. The number of rotatable bonds is 2. The summed E-state index contributed by atoms with van der Waals surface area (Å²) in [6.45, 7) is 4.79. The van der Waals surface area contributed by atoms with Crippen molar-refractivity contribution in [1.82, 2.24) is 30.5 Å². The van der Waals surface area contributed by atoms with Crippen LogP contribution in [0.4, 0.5) is 0 Å². The molecule has 16 heavy (non-hydrogen) atoms. The highest BCUT2D eigenvalue weighted by molar-refractivity contribution is 7.11. The highest BCUT2D eigenvalue weighted by Crippen LogP contribution is 2.24. The molecule has 0 aromatic carbocycles. The first kappa shape index (κ1) is 9.86. The zero-order chi connectivity index (χ0) is 11.0. The van der Waals surface area contributed by atoms with Crippen LogP contribution in [-0.4, -0.2) is 37.1 Å². The van der Waals surface area contributed by atoms with Crippen LogP contribution in [0.1, 0.15) is 21.4 Å². The third-order valence-corrected chi connectivity index (χ3v) is 3.67. The molecule has 0 amide bonds. The molecule has 0 bridgehead atoms. The van der Waals surface area contributed by atoms with E-state index < -0.39 is 0 Å². The lowest BCUT2D eigenvalue weighted by molar-refractivity contribution is 0.241. The molecule has 84 valence electrons. The molecule has 0 radical (unpaired) electrons. The van der Waals surface area contributed by atoms with Gasteiger partial charge in [-0.05, 0) is 6.92 Å². The summed E-state index contributed by atoms with van der Waals surface area (Å²) in [6.07, 6.45) is 1.03. The second kappa shape index (κ2) is 3.91. The van der Waals surface area contributed by atoms with Gasteiger partial charge in [0.2, 0.25) is 0 Å². The molecule has 3 heterocycles. The van der Waals surface area contributed by atoms with Crippen LogP contribution in [-0.2, 0) is 19.5 Å². The lowest BCUT2D eigenvalue weighted by Crippen LogP contribution is -2.29. The number of aromatic nitrogens is 5. The Labute approximate surface area is 96.7 Å². The molecule has 0 saturated heterocycles. The van der Waals surface area contributed by atoms with Crippen LogP contribution in [0, 0.1) is 6.92 Å². The Morgan fingerprint density at radius 3 is 3.25 bits per heavy atom. The summed E-state index contributed by atoms with van der Waals surface area (Å²) in [5, 5.41) is 15.1. The van der Waals surface area contributed by atoms with Crippen molar-refractivity contribution in [2.24, 2.45) is 0 Å². The second-order valence-corrected chi connectivity index (χ2v) is 5.18. The van der Waals surface area contributed by atoms with Gasteiger partial charge in [0.1, 0.15) is 0 Å². The standard InChI is InChI=1S/C9H12N6S/c1-6-10-7-2-3-15(4-8(7)16-6)5-9-11-13-14-12-9/h2-5H2,1H3,(H,11,12,13,14). The van der Waals surface area contributed by atoms with Crippen LogP contribution < -0.4 is 0 Å². The van der Waals surface area contributed by atoms with Crippen LogP contribution in [0.3, 0.4) is 0 Å². The number of aryl methyl sites for hydroxylation is 1. The van der Waals surface area contributed by atoms with Gasteiger partial charge in [-0.1, -0.05) is 5.21 Å². The fraction of sp³-hybridized carbons (Fsp3) is 0.556. The fourth-order valence-electron chi connectivity index (χ4n) is 1.96. The third kappa shape index (κ3) is 1.83. The van der Waals surface area contributed by atoms with E-state index in [2.05, 4.69) is 37.4 Å². The summed E-state index contributed by atoms with van der Waals surface area (Å²) in [5.74, 6) is 0.754. The average molecular weight is 236 g/mol. The molecule has 0 atom stereocenters. The van der Waals surface area contributed by atoms with Gasteiger partial charge in [-0.25, -0.2) is 4.98 Å². The molecule has 0 saturated carbocycles. The first-order chi connectivity index (χ1) is 7.81. The van der Waals surface area contributed by atoms with E-state index in [4.69, 9.17) is 0 Å². The molecule has 0 fully saturated rings. The highest BCUT2D eigenvalue weighted by atomic mass is 32.1. The van der Waals surface area contributed by atoms with Crippen molar-refractivity contribution < 1.29 is 0 Å². The molecule has 0 spiro atoms. The maximum Gasteiger partial charge on any atom is 0.188 e. The second-order valence-electron chi connectivity index (χ2n) is 3.89. The number of nitrogens with one attached hydrogen (secondary N) is 1. The van der Waals surface area contributed by atoms with Gasteiger partial charge in [0.15, 0.2) is 5.82 Å². The molecule has 6 nitrogen and oxygen atoms in total. The van der Waals surface area contributed by atoms with E-state index in [-0.39, 0.29) is 0 Å². The van der Waals surface area contributed by atoms with E-state index in [0.29, 0.717) is 0 Å². The molecule has 2 aromatic heterocycles. The van der Waals surface area contributed by atoms with Crippen LogP contribution >= 0.6 is 11.3 Å². The summed E-state index contributed by atoms with van der Waals surface area (Å²) in [6, 6.07) is 0. The van der Waals surface area contributed by atoms with Gasteiger partial charge in [-0.15, -0.1) is 21.5 Å². The smallest absolute Gasteiger partial charge is 0.188 e. The molecule has 1 N–H and O–H groups in total. The lowest BCUT2D eigenvalue weighted by atomic mass is 10.2. The van der Waals surface area contributed by atoms with Gasteiger partial charge in [0.25, 0.3) is 0 Å². The Bertz CT molecular complexity index is 476. The fourth-order valence-corrected chi connectivity index (χ4v) is 2.99. The van der Waals surface area contributed by atoms with E-state index >= 15 is 0 Å². The first-order valence-corrected chi connectivity index (χ1v) is 6.03. The van der Waals surface area contributed by atoms with Crippen LogP contribution in [0.25, 0.3) is 0 Å². The summed E-state index contributed by atoms with van der Waals surface area (Å²) in [4.78, 5) is 8.23. The first-order valence-electron chi connectivity index (χ1n) is 5.21. The van der Waals surface area contributed by atoms with Crippen LogP contribution in [0.2, 0.25) is 0 Å². The number of hydrogen-bond acceptors (Lipinski definition) is 6. The monoisotopic (exact) mass is 236 g/mol. The number of aromatic amines is 1. The number of nitrogens with zero attached hydrogens (tertiary/aromatic N) is 5. The molecule has 0 aliphatic carbocycles. The molecular weight excluding hydrogens is 224 g/mol. The van der Waals surface area contributed by atoms with Crippen LogP contribution in [0.5, 0.6) is 0 Å². The van der Waals surface area contributed by atoms with Crippen molar-refractivity contribution in [1.29, 1.82) is 0 Å². The Balaban J connectivity index is 1.73. The summed E-state index contributed by atoms with van der Waals surface area (Å²) in [5.41, 5.74) is 1.27. The third-order valence-electron chi connectivity index (χ3n) is 2.67. The van der Waals surface area contributed by atoms with Crippen molar-refractivity contribution in [3.8, 4) is 0 Å². The quantitative estimate of drug-likeness (QED) is 0.823. The number of tetrazole rings is 1. The van der Waals surface area contributed by atoms with Gasteiger partial charge < -0.3 is 0 Å². The van der Waals surface area contributed by atoms with Crippen molar-refractivity contribution in [2.45, 2.75) is 26.4 Å². The van der Waals surface area contributed by atoms with Gasteiger partial charge in [0.05, 0.1) is 17.2 Å². The SMILES string of the molecule is Cc1nc2c(s1)CN(Cc1nn[nH]n1)CC2. The number of fused-ring (bicyclic) bond motifs is 1. The molecule has 7 heteroatoms. The van der Waals surface area contributed by atoms with Gasteiger partial charge in [0, 0.05) is 24.4 Å². The number of thiazole rings is 1. The molecule has 1 aliphatic rings. The highest BCUT2D eigenvalue weighted by Gasteiger charge is 2.20. The normalized spacial score (nSPS) is 16.3. The van der Waals surface area contributed by atoms with E-state index in [9.17, 15) is 0 Å². The van der Waals surface area contributed by atoms with E-state index in [1.807, 2.05) is 0 Å². The predicted octanol–water partition coefficient (Wildman–Crippen LogP) is 0.523. The summed E-state index contributed by atoms with van der Waals surface area (Å²) < 4.78 is 0. The molecular formula is C9H12N6S. The molecule has 1 aliphatic heterocycles. The topological polar surface area (TPSA) is 70.6 Å². The maximum atomic E-state index is 4.52. The van der Waals surface area contributed by atoms with Crippen molar-refractivity contribution in [3.05, 3.63) is 21.4 Å². The van der Waals surface area contributed by atoms with Crippen molar-refractivity contribution in [3.63, 3.8) is 0 Å². The van der Waals surface area contributed by atoms with E-state index in [1.165, 1.54) is 10.6 Å². The molecule has 2 aromatic rings. The zero-order valence-corrected chi connectivity index (χ0v) is 9.79. The Morgan fingerprint density at radius 1 is 1.50 bits per heavy atom. The van der Waals surface area contributed by atoms with E-state index in [0.717, 1.165) is 36.9 Å². The summed E-state index contributed by atoms with van der Waals surface area (Å²) in [7, 11) is 0. The van der Waals surface area contributed by atoms with Gasteiger partial charge >= 0.3 is 0 Å². The van der Waals surface area contributed by atoms with E-state index in [1.54, 1.807) is 11.3 Å². The van der Waals surface area contributed by atoms with Gasteiger partial charge in [-0.2, -0.15) is 5.21 Å².